The van der Waals surface area contributed by atoms with Crippen molar-refractivity contribution in [3.05, 3.63) is 69.4 Å². The van der Waals surface area contributed by atoms with E-state index in [0.29, 0.717) is 5.39 Å². The maximum absolute atomic E-state index is 13.0. The van der Waals surface area contributed by atoms with E-state index in [1.54, 1.807) is 19.9 Å². The standard InChI is InChI=1S/C29H24O10/c1-13(14(2)30)12-36-28-22(37-15(3)31)8-7-18-25-19(29(35)39-27(18)28)6-5-17(26(25)34)20-10-16-4-9-24(33)38-23(16)11-21(20)32/h4-11,13-14,30,32,34H,12H2,1-3H3. The molecule has 39 heavy (non-hydrogen) atoms. The number of carbonyl (C=O) groups excluding carboxylic acids is 1. The molecule has 0 aliphatic heterocycles. The van der Waals surface area contributed by atoms with Gasteiger partial charge in [0.2, 0.25) is 5.75 Å². The van der Waals surface area contributed by atoms with Gasteiger partial charge in [0.25, 0.3) is 0 Å². The lowest BCUT2D eigenvalue weighted by atomic mass is 9.96. The summed E-state index contributed by atoms with van der Waals surface area (Å²) < 4.78 is 21.8. The zero-order valence-corrected chi connectivity index (χ0v) is 21.2. The number of phenols is 2. The van der Waals surface area contributed by atoms with Gasteiger partial charge >= 0.3 is 17.2 Å². The Morgan fingerprint density at radius 1 is 0.949 bits per heavy atom. The predicted octanol–water partition coefficient (Wildman–Crippen LogP) is 4.45. The molecule has 0 fully saturated rings. The Kier molecular flexibility index (Phi) is 6.49. The van der Waals surface area contributed by atoms with Gasteiger partial charge in [-0.3, -0.25) is 4.79 Å². The summed E-state index contributed by atoms with van der Waals surface area (Å²) in [4.78, 5) is 36.3. The number of hydrogen-bond acceptors (Lipinski definition) is 10. The first-order chi connectivity index (χ1) is 18.5. The van der Waals surface area contributed by atoms with Crippen molar-refractivity contribution in [2.24, 2.45) is 5.92 Å². The third-order valence-corrected chi connectivity index (χ3v) is 6.53. The van der Waals surface area contributed by atoms with E-state index in [9.17, 15) is 29.7 Å². The van der Waals surface area contributed by atoms with Crippen LogP contribution in [-0.2, 0) is 4.79 Å². The molecule has 2 unspecified atom stereocenters. The van der Waals surface area contributed by atoms with Crippen molar-refractivity contribution < 1.29 is 38.4 Å². The molecule has 2 aromatic heterocycles. The van der Waals surface area contributed by atoms with Crippen molar-refractivity contribution in [2.45, 2.75) is 26.9 Å². The molecule has 5 rings (SSSR count). The van der Waals surface area contributed by atoms with E-state index in [1.165, 1.54) is 49.4 Å². The van der Waals surface area contributed by atoms with Crippen molar-refractivity contribution in [1.82, 2.24) is 0 Å². The molecule has 3 aromatic carbocycles. The SMILES string of the molecule is CC(=O)Oc1ccc2c(oc(=O)c3ccc(-c4cc5ccc(=O)oc5cc4O)c(O)c32)c1OCC(C)C(C)O. The van der Waals surface area contributed by atoms with Gasteiger partial charge in [0.15, 0.2) is 11.3 Å². The van der Waals surface area contributed by atoms with Crippen LogP contribution in [0.15, 0.2) is 67.0 Å². The van der Waals surface area contributed by atoms with Crippen LogP contribution in [-0.4, -0.2) is 34.0 Å². The summed E-state index contributed by atoms with van der Waals surface area (Å²) in [6, 6.07) is 11.5. The molecule has 2 heterocycles. The minimum absolute atomic E-state index is 0.000367. The Bertz CT molecular complexity index is 1880. The first-order valence-electron chi connectivity index (χ1n) is 12.1. The molecule has 5 aromatic rings. The second-order valence-electron chi connectivity index (χ2n) is 9.33. The Balaban J connectivity index is 1.77. The lowest BCUT2D eigenvalue weighted by Gasteiger charge is -2.18. The highest BCUT2D eigenvalue weighted by molar-refractivity contribution is 6.12. The molecule has 0 bridgehead atoms. The van der Waals surface area contributed by atoms with Crippen molar-refractivity contribution in [3.63, 3.8) is 0 Å². The number of aliphatic hydroxyl groups excluding tert-OH is 1. The van der Waals surface area contributed by atoms with Crippen LogP contribution in [0, 0.1) is 5.92 Å². The van der Waals surface area contributed by atoms with Gasteiger partial charge in [0, 0.05) is 52.3 Å². The summed E-state index contributed by atoms with van der Waals surface area (Å²) in [7, 11) is 0. The fourth-order valence-corrected chi connectivity index (χ4v) is 4.29. The minimum Gasteiger partial charge on any atom is -0.507 e. The Morgan fingerprint density at radius 3 is 2.41 bits per heavy atom. The van der Waals surface area contributed by atoms with E-state index in [4.69, 9.17) is 18.3 Å². The maximum Gasteiger partial charge on any atom is 0.344 e. The van der Waals surface area contributed by atoms with E-state index in [2.05, 4.69) is 0 Å². The van der Waals surface area contributed by atoms with Crippen LogP contribution < -0.4 is 20.7 Å². The number of fused-ring (bicyclic) bond motifs is 4. The fraction of sp³-hybridized carbons (Fsp3) is 0.207. The number of phenolic OH excluding ortho intramolecular Hbond substituents is 2. The molecule has 10 nitrogen and oxygen atoms in total. The van der Waals surface area contributed by atoms with E-state index in [1.807, 2.05) is 0 Å². The molecular formula is C29H24O10. The molecule has 0 spiro atoms. The zero-order valence-electron chi connectivity index (χ0n) is 21.2. The molecule has 0 radical (unpaired) electrons. The van der Waals surface area contributed by atoms with Crippen molar-refractivity contribution in [1.29, 1.82) is 0 Å². The summed E-state index contributed by atoms with van der Waals surface area (Å²) >= 11 is 0. The monoisotopic (exact) mass is 532 g/mol. The van der Waals surface area contributed by atoms with Gasteiger partial charge in [-0.05, 0) is 43.3 Å². The molecule has 0 saturated carbocycles. The van der Waals surface area contributed by atoms with Gasteiger partial charge in [-0.15, -0.1) is 0 Å². The molecule has 10 heteroatoms. The second-order valence-corrected chi connectivity index (χ2v) is 9.33. The molecule has 0 aliphatic rings. The number of hydrogen-bond donors (Lipinski definition) is 3. The van der Waals surface area contributed by atoms with E-state index >= 15 is 0 Å². The summed E-state index contributed by atoms with van der Waals surface area (Å²) in [5.41, 5.74) is -0.819. The lowest BCUT2D eigenvalue weighted by Crippen LogP contribution is -2.21. The Morgan fingerprint density at radius 2 is 1.69 bits per heavy atom. The number of carbonyl (C=O) groups is 1. The molecule has 0 amide bonds. The highest BCUT2D eigenvalue weighted by Gasteiger charge is 2.23. The first kappa shape index (κ1) is 25.8. The van der Waals surface area contributed by atoms with E-state index in [-0.39, 0.29) is 74.0 Å². The quantitative estimate of drug-likeness (QED) is 0.123. The van der Waals surface area contributed by atoms with Crippen LogP contribution in [0.1, 0.15) is 20.8 Å². The number of rotatable bonds is 6. The molecule has 3 N–H and O–H groups in total. The molecule has 200 valence electrons. The Hall–Kier alpha value is -4.83. The predicted molar refractivity (Wildman–Crippen MR) is 142 cm³/mol. The number of aliphatic hydroxyl groups is 1. The fourth-order valence-electron chi connectivity index (χ4n) is 4.29. The van der Waals surface area contributed by atoms with Crippen LogP contribution in [0.2, 0.25) is 0 Å². The molecule has 0 aliphatic carbocycles. The van der Waals surface area contributed by atoms with Crippen LogP contribution in [0.5, 0.6) is 23.0 Å². The van der Waals surface area contributed by atoms with Crippen molar-refractivity contribution in [2.75, 3.05) is 6.61 Å². The lowest BCUT2D eigenvalue weighted by molar-refractivity contribution is -0.132. The normalized spacial score (nSPS) is 13.0. The van der Waals surface area contributed by atoms with Crippen molar-refractivity contribution in [3.8, 4) is 34.1 Å². The van der Waals surface area contributed by atoms with Crippen LogP contribution in [0.3, 0.4) is 0 Å². The summed E-state index contributed by atoms with van der Waals surface area (Å²) in [5.74, 6) is -1.55. The smallest absolute Gasteiger partial charge is 0.344 e. The van der Waals surface area contributed by atoms with E-state index in [0.717, 1.165) is 0 Å². The first-order valence-corrected chi connectivity index (χ1v) is 12.1. The Labute approximate surface area is 220 Å². The number of aromatic hydroxyl groups is 2. The third-order valence-electron chi connectivity index (χ3n) is 6.53. The summed E-state index contributed by atoms with van der Waals surface area (Å²) in [6.45, 7) is 4.58. The summed E-state index contributed by atoms with van der Waals surface area (Å²) in [5, 5.41) is 33.0. The average molecular weight is 533 g/mol. The topological polar surface area (TPSA) is 157 Å². The summed E-state index contributed by atoms with van der Waals surface area (Å²) in [6.07, 6.45) is -0.695. The van der Waals surface area contributed by atoms with Gasteiger partial charge in [0.1, 0.15) is 17.1 Å². The highest BCUT2D eigenvalue weighted by Crippen LogP contribution is 2.45. The van der Waals surface area contributed by atoms with Crippen molar-refractivity contribution >= 4 is 38.7 Å². The van der Waals surface area contributed by atoms with Gasteiger partial charge in [0.05, 0.1) is 18.1 Å². The van der Waals surface area contributed by atoms with Gasteiger partial charge in [-0.2, -0.15) is 0 Å². The molecular weight excluding hydrogens is 508 g/mol. The van der Waals surface area contributed by atoms with Gasteiger partial charge in [-0.25, -0.2) is 9.59 Å². The second kappa shape index (κ2) is 9.80. The number of esters is 1. The van der Waals surface area contributed by atoms with Gasteiger partial charge < -0.3 is 33.6 Å². The highest BCUT2D eigenvalue weighted by atomic mass is 16.6. The number of benzene rings is 3. The van der Waals surface area contributed by atoms with Crippen LogP contribution >= 0.6 is 0 Å². The largest absolute Gasteiger partial charge is 0.507 e. The third kappa shape index (κ3) is 4.66. The number of ether oxygens (including phenoxy) is 2. The van der Waals surface area contributed by atoms with Crippen LogP contribution in [0.4, 0.5) is 0 Å². The van der Waals surface area contributed by atoms with Crippen LogP contribution in [0.25, 0.3) is 43.8 Å². The minimum atomic E-state index is -0.780. The molecule has 2 atom stereocenters. The van der Waals surface area contributed by atoms with Gasteiger partial charge in [-0.1, -0.05) is 6.92 Å². The average Bonchev–Trinajstić information content (AvgIpc) is 2.87. The van der Waals surface area contributed by atoms with E-state index < -0.39 is 23.3 Å². The maximum atomic E-state index is 13.0. The molecule has 0 saturated heterocycles. The zero-order chi connectivity index (χ0) is 28.0.